The number of hydrogen-bond acceptors (Lipinski definition) is 4. The van der Waals surface area contributed by atoms with Crippen LogP contribution in [0.3, 0.4) is 0 Å². The first-order valence-corrected chi connectivity index (χ1v) is 3.69. The van der Waals surface area contributed by atoms with Crippen molar-refractivity contribution < 1.29 is 4.92 Å². The van der Waals surface area contributed by atoms with E-state index in [2.05, 4.69) is 4.98 Å². The molecule has 12 heavy (non-hydrogen) atoms. The van der Waals surface area contributed by atoms with Crippen molar-refractivity contribution in [3.8, 4) is 0 Å². The summed E-state index contributed by atoms with van der Waals surface area (Å²) in [4.78, 5) is 13.9. The highest BCUT2D eigenvalue weighted by Crippen LogP contribution is 2.27. The van der Waals surface area contributed by atoms with Crippen LogP contribution in [0.25, 0.3) is 0 Å². The Hall–Kier alpha value is -1.59. The average Bonchev–Trinajstić information content (AvgIpc) is 2.44. The van der Waals surface area contributed by atoms with Crippen LogP contribution in [0.5, 0.6) is 0 Å². The number of imidazole rings is 1. The standard InChI is InChI=1S/C6H8N4O2/c7-5-6(10(11)12)9-3-1-2-4(9)8-5/h1-3,7H2. The molecule has 0 saturated heterocycles. The summed E-state index contributed by atoms with van der Waals surface area (Å²) in [7, 11) is 0. The van der Waals surface area contributed by atoms with Gasteiger partial charge in [0.25, 0.3) is 0 Å². The Morgan fingerprint density at radius 3 is 3.08 bits per heavy atom. The molecule has 0 radical (unpaired) electrons. The predicted octanol–water partition coefficient (Wildman–Crippen LogP) is 0.320. The largest absolute Gasteiger partial charge is 0.377 e. The van der Waals surface area contributed by atoms with Crippen LogP contribution < -0.4 is 5.73 Å². The second-order valence-corrected chi connectivity index (χ2v) is 2.75. The fourth-order valence-corrected chi connectivity index (χ4v) is 1.52. The number of hydrogen-bond donors (Lipinski definition) is 1. The molecule has 6 heteroatoms. The summed E-state index contributed by atoms with van der Waals surface area (Å²) in [5.74, 6) is 0.719. The van der Waals surface area contributed by atoms with E-state index in [4.69, 9.17) is 5.73 Å². The van der Waals surface area contributed by atoms with Gasteiger partial charge in [0.2, 0.25) is 5.82 Å². The van der Waals surface area contributed by atoms with Gasteiger partial charge in [0.1, 0.15) is 0 Å². The van der Waals surface area contributed by atoms with Crippen LogP contribution in [0, 0.1) is 10.1 Å². The Morgan fingerprint density at radius 1 is 1.67 bits per heavy atom. The molecule has 0 spiro atoms. The summed E-state index contributed by atoms with van der Waals surface area (Å²) < 4.78 is 1.58. The van der Waals surface area contributed by atoms with E-state index in [1.165, 1.54) is 0 Å². The summed E-state index contributed by atoms with van der Waals surface area (Å²) in [5.41, 5.74) is 5.38. The summed E-state index contributed by atoms with van der Waals surface area (Å²) in [6.45, 7) is 0.663. The molecule has 0 fully saturated rings. The average molecular weight is 168 g/mol. The first-order chi connectivity index (χ1) is 5.70. The molecule has 0 bridgehead atoms. The fourth-order valence-electron chi connectivity index (χ4n) is 1.52. The number of nitrogens with zero attached hydrogens (tertiary/aromatic N) is 3. The third kappa shape index (κ3) is 0.775. The van der Waals surface area contributed by atoms with E-state index in [0.717, 1.165) is 18.7 Å². The molecule has 6 nitrogen and oxygen atoms in total. The molecule has 2 rings (SSSR count). The first kappa shape index (κ1) is 7.08. The number of aryl methyl sites for hydroxylation is 1. The van der Waals surface area contributed by atoms with Gasteiger partial charge in [-0.3, -0.25) is 0 Å². The molecule has 2 heterocycles. The summed E-state index contributed by atoms with van der Waals surface area (Å²) in [6, 6.07) is 0. The van der Waals surface area contributed by atoms with Crippen LogP contribution in [0.2, 0.25) is 0 Å². The SMILES string of the molecule is Nc1nc2n(c1[N+](=O)[O-])CCC2. The number of nitrogen functional groups attached to an aromatic ring is 1. The van der Waals surface area contributed by atoms with Gasteiger partial charge < -0.3 is 15.8 Å². The van der Waals surface area contributed by atoms with Gasteiger partial charge in [-0.25, -0.2) is 4.57 Å². The highest BCUT2D eigenvalue weighted by Gasteiger charge is 2.28. The van der Waals surface area contributed by atoms with E-state index in [-0.39, 0.29) is 11.6 Å². The van der Waals surface area contributed by atoms with E-state index >= 15 is 0 Å². The van der Waals surface area contributed by atoms with Crippen LogP contribution in [-0.4, -0.2) is 14.5 Å². The number of anilines is 1. The maximum atomic E-state index is 10.5. The van der Waals surface area contributed by atoms with Crippen LogP contribution in [0.4, 0.5) is 11.6 Å². The molecule has 0 atom stereocenters. The predicted molar refractivity (Wildman–Crippen MR) is 41.6 cm³/mol. The van der Waals surface area contributed by atoms with Crippen LogP contribution >= 0.6 is 0 Å². The zero-order chi connectivity index (χ0) is 8.72. The maximum Gasteiger partial charge on any atom is 0.367 e. The lowest BCUT2D eigenvalue weighted by Gasteiger charge is -1.95. The highest BCUT2D eigenvalue weighted by atomic mass is 16.6. The lowest BCUT2D eigenvalue weighted by Crippen LogP contribution is -2.01. The van der Waals surface area contributed by atoms with Crippen molar-refractivity contribution in [2.24, 2.45) is 0 Å². The molecule has 0 unspecified atom stereocenters. The van der Waals surface area contributed by atoms with Crippen LogP contribution in [-0.2, 0) is 13.0 Å². The first-order valence-electron chi connectivity index (χ1n) is 3.69. The van der Waals surface area contributed by atoms with E-state index in [1.807, 2.05) is 0 Å². The molecular formula is C6H8N4O2. The second kappa shape index (κ2) is 2.20. The number of rotatable bonds is 1. The van der Waals surface area contributed by atoms with Crippen molar-refractivity contribution in [1.29, 1.82) is 0 Å². The molecule has 2 N–H and O–H groups in total. The fraction of sp³-hybridized carbons (Fsp3) is 0.500. The number of nitrogens with two attached hydrogens (primary N) is 1. The molecule has 0 amide bonds. The minimum absolute atomic E-state index is 0.0368. The number of fused-ring (bicyclic) bond motifs is 1. The minimum Gasteiger partial charge on any atom is -0.377 e. The zero-order valence-corrected chi connectivity index (χ0v) is 6.36. The Bertz CT molecular complexity index is 344. The van der Waals surface area contributed by atoms with Gasteiger partial charge >= 0.3 is 5.82 Å². The third-order valence-corrected chi connectivity index (χ3v) is 2.00. The molecule has 1 aliphatic rings. The van der Waals surface area contributed by atoms with Gasteiger partial charge in [0.05, 0.1) is 6.54 Å². The number of nitro groups is 1. The molecule has 64 valence electrons. The Balaban J connectivity index is 2.59. The zero-order valence-electron chi connectivity index (χ0n) is 6.36. The quantitative estimate of drug-likeness (QED) is 0.483. The van der Waals surface area contributed by atoms with E-state index in [9.17, 15) is 10.1 Å². The molecule has 0 aromatic carbocycles. The molecular weight excluding hydrogens is 160 g/mol. The van der Waals surface area contributed by atoms with Crippen molar-refractivity contribution in [1.82, 2.24) is 9.55 Å². The molecule has 1 aromatic rings. The third-order valence-electron chi connectivity index (χ3n) is 2.00. The highest BCUT2D eigenvalue weighted by molar-refractivity contribution is 5.49. The molecule has 1 aromatic heterocycles. The van der Waals surface area contributed by atoms with Gasteiger partial charge in [-0.05, 0) is 11.3 Å². The van der Waals surface area contributed by atoms with Crippen molar-refractivity contribution in [3.05, 3.63) is 15.9 Å². The Morgan fingerprint density at radius 2 is 2.42 bits per heavy atom. The smallest absolute Gasteiger partial charge is 0.367 e. The topological polar surface area (TPSA) is 87.0 Å². The van der Waals surface area contributed by atoms with Crippen molar-refractivity contribution in [2.75, 3.05) is 5.73 Å². The van der Waals surface area contributed by atoms with Gasteiger partial charge in [-0.1, -0.05) is 0 Å². The second-order valence-electron chi connectivity index (χ2n) is 2.75. The summed E-state index contributed by atoms with van der Waals surface area (Å²) in [6.07, 6.45) is 1.71. The minimum atomic E-state index is -0.475. The number of aromatic nitrogens is 2. The summed E-state index contributed by atoms with van der Waals surface area (Å²) >= 11 is 0. The Kier molecular flexibility index (Phi) is 1.30. The van der Waals surface area contributed by atoms with Crippen molar-refractivity contribution in [2.45, 2.75) is 19.4 Å². The van der Waals surface area contributed by atoms with Crippen LogP contribution in [0.15, 0.2) is 0 Å². The molecule has 0 saturated carbocycles. The van der Waals surface area contributed by atoms with Crippen molar-refractivity contribution in [3.63, 3.8) is 0 Å². The van der Waals surface area contributed by atoms with Gasteiger partial charge in [-0.15, -0.1) is 0 Å². The maximum absolute atomic E-state index is 10.5. The Labute approximate surface area is 68.2 Å². The van der Waals surface area contributed by atoms with Gasteiger partial charge in [0.15, 0.2) is 5.82 Å². The van der Waals surface area contributed by atoms with Crippen LogP contribution in [0.1, 0.15) is 12.2 Å². The normalized spacial score (nSPS) is 14.7. The van der Waals surface area contributed by atoms with E-state index in [0.29, 0.717) is 6.54 Å². The molecule has 0 aliphatic carbocycles. The lowest BCUT2D eigenvalue weighted by molar-refractivity contribution is -0.391. The lowest BCUT2D eigenvalue weighted by atomic mass is 10.4. The van der Waals surface area contributed by atoms with Gasteiger partial charge in [0, 0.05) is 6.42 Å². The summed E-state index contributed by atoms with van der Waals surface area (Å²) in [5, 5.41) is 10.5. The molecule has 1 aliphatic heterocycles. The van der Waals surface area contributed by atoms with Crippen molar-refractivity contribution >= 4 is 11.6 Å². The van der Waals surface area contributed by atoms with E-state index in [1.54, 1.807) is 4.57 Å². The monoisotopic (exact) mass is 168 g/mol. The van der Waals surface area contributed by atoms with Gasteiger partial charge in [-0.2, -0.15) is 4.98 Å². The van der Waals surface area contributed by atoms with E-state index < -0.39 is 4.92 Å².